The van der Waals surface area contributed by atoms with E-state index in [2.05, 4.69) is 10.9 Å². The molecule has 0 atom stereocenters. The van der Waals surface area contributed by atoms with Crippen molar-refractivity contribution in [3.63, 3.8) is 0 Å². The van der Waals surface area contributed by atoms with Crippen molar-refractivity contribution >= 4 is 46.1 Å². The molecular weight excluding hydrogens is 448 g/mol. The van der Waals surface area contributed by atoms with E-state index in [9.17, 15) is 9.59 Å². The smallest absolute Gasteiger partial charge is 0.305 e. The standard InChI is InChI=1S/C24H25ClN2O4S/c1-30-20-12-11-15(25)13-18(20)23(28)26-27-24(29)22-19(14-32-16-7-3-2-4-8-16)17-9-5-6-10-21(17)31-22/h5-6,9-13,16H,2-4,7-8,14H2,1H3,(H,26,28)(H,27,29). The predicted octanol–water partition coefficient (Wildman–Crippen LogP) is 5.74. The van der Waals surface area contributed by atoms with E-state index in [4.69, 9.17) is 20.8 Å². The van der Waals surface area contributed by atoms with E-state index in [0.29, 0.717) is 27.4 Å². The Morgan fingerprint density at radius 3 is 2.62 bits per heavy atom. The van der Waals surface area contributed by atoms with Crippen LogP contribution in [0.2, 0.25) is 5.02 Å². The molecule has 0 saturated heterocycles. The molecule has 8 heteroatoms. The van der Waals surface area contributed by atoms with Crippen LogP contribution in [-0.2, 0) is 5.75 Å². The summed E-state index contributed by atoms with van der Waals surface area (Å²) in [5, 5.41) is 1.91. The summed E-state index contributed by atoms with van der Waals surface area (Å²) in [5.74, 6) is 0.213. The average molecular weight is 473 g/mol. The van der Waals surface area contributed by atoms with E-state index >= 15 is 0 Å². The molecule has 0 bridgehead atoms. The molecule has 6 nitrogen and oxygen atoms in total. The fourth-order valence-electron chi connectivity index (χ4n) is 3.95. The Morgan fingerprint density at radius 2 is 1.84 bits per heavy atom. The van der Waals surface area contributed by atoms with Gasteiger partial charge < -0.3 is 9.15 Å². The topological polar surface area (TPSA) is 80.6 Å². The van der Waals surface area contributed by atoms with Crippen LogP contribution in [0.25, 0.3) is 11.0 Å². The number of halogens is 1. The fourth-order valence-corrected chi connectivity index (χ4v) is 5.48. The van der Waals surface area contributed by atoms with Gasteiger partial charge in [-0.05, 0) is 37.1 Å². The van der Waals surface area contributed by atoms with Crippen molar-refractivity contribution in [2.45, 2.75) is 43.1 Å². The van der Waals surface area contributed by atoms with Crippen LogP contribution in [0.15, 0.2) is 46.9 Å². The second-order valence-electron chi connectivity index (χ2n) is 7.73. The zero-order valence-electron chi connectivity index (χ0n) is 17.8. The maximum absolute atomic E-state index is 13.0. The number of nitrogens with one attached hydrogen (secondary N) is 2. The van der Waals surface area contributed by atoms with Crippen molar-refractivity contribution in [1.82, 2.24) is 10.9 Å². The highest BCUT2D eigenvalue weighted by Gasteiger charge is 2.23. The maximum atomic E-state index is 13.0. The van der Waals surface area contributed by atoms with Crippen LogP contribution in [0.5, 0.6) is 5.75 Å². The molecule has 1 saturated carbocycles. The Bertz CT molecular complexity index is 1120. The van der Waals surface area contributed by atoms with Gasteiger partial charge in [0.25, 0.3) is 5.91 Å². The number of hydrogen-bond acceptors (Lipinski definition) is 5. The summed E-state index contributed by atoms with van der Waals surface area (Å²) in [6.45, 7) is 0. The van der Waals surface area contributed by atoms with E-state index in [1.807, 2.05) is 36.0 Å². The highest BCUT2D eigenvalue weighted by atomic mass is 35.5. The third kappa shape index (κ3) is 5.05. The van der Waals surface area contributed by atoms with Gasteiger partial charge in [0.15, 0.2) is 5.76 Å². The fraction of sp³-hybridized carbons (Fsp3) is 0.333. The molecule has 4 rings (SSSR count). The van der Waals surface area contributed by atoms with Crippen LogP contribution in [0.4, 0.5) is 0 Å². The van der Waals surface area contributed by atoms with Gasteiger partial charge >= 0.3 is 5.91 Å². The maximum Gasteiger partial charge on any atom is 0.305 e. The number of benzene rings is 2. The number of para-hydroxylation sites is 1. The van der Waals surface area contributed by atoms with E-state index in [1.54, 1.807) is 12.1 Å². The van der Waals surface area contributed by atoms with E-state index in [-0.39, 0.29) is 11.3 Å². The molecule has 0 spiro atoms. The summed E-state index contributed by atoms with van der Waals surface area (Å²) in [6.07, 6.45) is 6.24. The first-order valence-electron chi connectivity index (χ1n) is 10.6. The van der Waals surface area contributed by atoms with Crippen molar-refractivity contribution in [3.8, 4) is 5.75 Å². The number of furan rings is 1. The third-order valence-corrected chi connectivity index (χ3v) is 7.25. The molecule has 168 valence electrons. The Kier molecular flexibility index (Phi) is 7.27. The molecule has 1 heterocycles. The summed E-state index contributed by atoms with van der Waals surface area (Å²) in [4.78, 5) is 25.6. The minimum Gasteiger partial charge on any atom is -0.496 e. The molecule has 3 aromatic rings. The van der Waals surface area contributed by atoms with Crippen LogP contribution in [0.3, 0.4) is 0 Å². The number of rotatable bonds is 6. The van der Waals surface area contributed by atoms with Crippen molar-refractivity contribution in [2.24, 2.45) is 0 Å². The van der Waals surface area contributed by atoms with Gasteiger partial charge in [0.2, 0.25) is 0 Å². The first-order valence-corrected chi connectivity index (χ1v) is 12.1. The summed E-state index contributed by atoms with van der Waals surface area (Å²) in [6, 6.07) is 12.3. The number of methoxy groups -OCH3 is 1. The monoisotopic (exact) mass is 472 g/mol. The van der Waals surface area contributed by atoms with E-state index in [0.717, 1.165) is 10.9 Å². The quantitative estimate of drug-likeness (QED) is 0.447. The normalized spacial score (nSPS) is 14.3. The highest BCUT2D eigenvalue weighted by Crippen LogP contribution is 2.35. The predicted molar refractivity (Wildman–Crippen MR) is 127 cm³/mol. The molecule has 0 aliphatic heterocycles. The lowest BCUT2D eigenvalue weighted by Crippen LogP contribution is -2.41. The molecule has 0 unspecified atom stereocenters. The van der Waals surface area contributed by atoms with Gasteiger partial charge in [-0.15, -0.1) is 0 Å². The molecule has 1 aromatic heterocycles. The SMILES string of the molecule is COc1ccc(Cl)cc1C(=O)NNC(=O)c1oc2ccccc2c1CSC1CCCCC1. The third-order valence-electron chi connectivity index (χ3n) is 5.62. The molecule has 2 amide bonds. The lowest BCUT2D eigenvalue weighted by Gasteiger charge is -2.20. The summed E-state index contributed by atoms with van der Waals surface area (Å²) in [7, 11) is 1.46. The van der Waals surface area contributed by atoms with Crippen LogP contribution in [-0.4, -0.2) is 24.2 Å². The number of thioether (sulfide) groups is 1. The number of amides is 2. The van der Waals surface area contributed by atoms with Crippen molar-refractivity contribution in [3.05, 3.63) is 64.4 Å². The molecule has 1 fully saturated rings. The first kappa shape index (κ1) is 22.6. The van der Waals surface area contributed by atoms with Crippen LogP contribution in [0.1, 0.15) is 58.6 Å². The second-order valence-corrected chi connectivity index (χ2v) is 9.45. The van der Waals surface area contributed by atoms with Crippen LogP contribution >= 0.6 is 23.4 Å². The van der Waals surface area contributed by atoms with Crippen LogP contribution < -0.4 is 15.6 Å². The Hall–Kier alpha value is -2.64. The minimum absolute atomic E-state index is 0.216. The van der Waals surface area contributed by atoms with Gasteiger partial charge in [-0.25, -0.2) is 0 Å². The Morgan fingerprint density at radius 1 is 1.09 bits per heavy atom. The Balaban J connectivity index is 1.50. The Labute approximate surface area is 196 Å². The zero-order valence-corrected chi connectivity index (χ0v) is 19.4. The minimum atomic E-state index is -0.535. The first-order chi connectivity index (χ1) is 15.6. The lowest BCUT2D eigenvalue weighted by atomic mass is 10.0. The largest absolute Gasteiger partial charge is 0.496 e. The molecule has 2 N–H and O–H groups in total. The summed E-state index contributed by atoms with van der Waals surface area (Å²) < 4.78 is 11.1. The van der Waals surface area contributed by atoms with Gasteiger partial charge in [0, 0.05) is 27.0 Å². The van der Waals surface area contributed by atoms with Gasteiger partial charge in [-0.2, -0.15) is 11.8 Å². The van der Waals surface area contributed by atoms with Gasteiger partial charge in [-0.1, -0.05) is 49.1 Å². The van der Waals surface area contributed by atoms with Crippen LogP contribution in [0, 0.1) is 0 Å². The number of ether oxygens (including phenoxy) is 1. The van der Waals surface area contributed by atoms with Gasteiger partial charge in [-0.3, -0.25) is 20.4 Å². The molecule has 1 aliphatic rings. The number of fused-ring (bicyclic) bond motifs is 1. The van der Waals surface area contributed by atoms with Gasteiger partial charge in [0.05, 0.1) is 12.7 Å². The molecule has 32 heavy (non-hydrogen) atoms. The number of carbonyl (C=O) groups excluding carboxylic acids is 2. The summed E-state index contributed by atoms with van der Waals surface area (Å²) >= 11 is 7.87. The second kappa shape index (κ2) is 10.3. The van der Waals surface area contributed by atoms with Crippen molar-refractivity contribution in [1.29, 1.82) is 0 Å². The number of hydrazine groups is 1. The van der Waals surface area contributed by atoms with E-state index in [1.165, 1.54) is 45.3 Å². The number of carbonyl (C=O) groups is 2. The molecule has 1 aliphatic carbocycles. The molecule has 2 aromatic carbocycles. The van der Waals surface area contributed by atoms with Crippen molar-refractivity contribution in [2.75, 3.05) is 7.11 Å². The number of hydrogen-bond donors (Lipinski definition) is 2. The van der Waals surface area contributed by atoms with E-state index < -0.39 is 11.8 Å². The summed E-state index contributed by atoms with van der Waals surface area (Å²) in [5.41, 5.74) is 6.62. The zero-order chi connectivity index (χ0) is 22.5. The molecule has 0 radical (unpaired) electrons. The lowest BCUT2D eigenvalue weighted by molar-refractivity contribution is 0.0830. The molecular formula is C24H25ClN2O4S. The van der Waals surface area contributed by atoms with Gasteiger partial charge in [0.1, 0.15) is 11.3 Å². The van der Waals surface area contributed by atoms with Crippen molar-refractivity contribution < 1.29 is 18.7 Å². The average Bonchev–Trinajstić information content (AvgIpc) is 3.20. The highest BCUT2D eigenvalue weighted by molar-refractivity contribution is 7.99.